The first kappa shape index (κ1) is 15.7. The lowest BCUT2D eigenvalue weighted by atomic mass is 9.91. The van der Waals surface area contributed by atoms with Crippen LogP contribution in [0.25, 0.3) is 0 Å². The van der Waals surface area contributed by atoms with Gasteiger partial charge in [-0.25, -0.2) is 0 Å². The number of hydrogen-bond donors (Lipinski definition) is 3. The molecule has 0 rings (SSSR count). The van der Waals surface area contributed by atoms with Gasteiger partial charge in [-0.2, -0.15) is 0 Å². The molecule has 4 N–H and O–H groups in total. The predicted molar refractivity (Wildman–Crippen MR) is 68.0 cm³/mol. The summed E-state index contributed by atoms with van der Waals surface area (Å²) in [6.45, 7) is 10.7. The third-order valence-electron chi connectivity index (χ3n) is 2.92. The fourth-order valence-electron chi connectivity index (χ4n) is 1.33. The summed E-state index contributed by atoms with van der Waals surface area (Å²) in [6, 6.07) is 0. The van der Waals surface area contributed by atoms with Crippen LogP contribution in [0.2, 0.25) is 0 Å². The molecule has 0 saturated heterocycles. The van der Waals surface area contributed by atoms with Crippen molar-refractivity contribution in [3.05, 3.63) is 0 Å². The average Bonchev–Trinajstić information content (AvgIpc) is 2.33. The molecule has 6 heteroatoms. The van der Waals surface area contributed by atoms with Gasteiger partial charge >= 0.3 is 0 Å². The van der Waals surface area contributed by atoms with Crippen LogP contribution in [-0.4, -0.2) is 48.0 Å². The van der Waals surface area contributed by atoms with Gasteiger partial charge in [0.1, 0.15) is 5.41 Å². The van der Waals surface area contributed by atoms with E-state index in [9.17, 15) is 4.79 Å². The maximum absolute atomic E-state index is 11.8. The van der Waals surface area contributed by atoms with Gasteiger partial charge in [0.25, 0.3) is 0 Å². The largest absolute Gasteiger partial charge is 0.409 e. The van der Waals surface area contributed by atoms with E-state index in [1.165, 1.54) is 0 Å². The van der Waals surface area contributed by atoms with Gasteiger partial charge in [0.05, 0.1) is 0 Å². The number of amidine groups is 1. The van der Waals surface area contributed by atoms with E-state index in [4.69, 9.17) is 10.9 Å². The van der Waals surface area contributed by atoms with Crippen molar-refractivity contribution in [2.24, 2.45) is 16.3 Å². The summed E-state index contributed by atoms with van der Waals surface area (Å²) in [7, 11) is 0. The van der Waals surface area contributed by atoms with E-state index in [2.05, 4.69) is 29.2 Å². The van der Waals surface area contributed by atoms with Gasteiger partial charge in [-0.3, -0.25) is 4.79 Å². The van der Waals surface area contributed by atoms with Gasteiger partial charge in [-0.15, -0.1) is 0 Å². The maximum Gasteiger partial charge on any atom is 0.233 e. The van der Waals surface area contributed by atoms with E-state index in [0.29, 0.717) is 6.54 Å². The minimum Gasteiger partial charge on any atom is -0.409 e. The smallest absolute Gasteiger partial charge is 0.233 e. The van der Waals surface area contributed by atoms with Crippen LogP contribution >= 0.6 is 0 Å². The zero-order chi connectivity index (χ0) is 13.5. The Hall–Kier alpha value is -1.30. The first-order valence-corrected chi connectivity index (χ1v) is 5.88. The van der Waals surface area contributed by atoms with Crippen LogP contribution in [0.3, 0.4) is 0 Å². The van der Waals surface area contributed by atoms with E-state index < -0.39 is 5.41 Å². The molecule has 0 bridgehead atoms. The van der Waals surface area contributed by atoms with Crippen molar-refractivity contribution in [3.63, 3.8) is 0 Å². The van der Waals surface area contributed by atoms with Gasteiger partial charge in [0.15, 0.2) is 5.84 Å². The Balaban J connectivity index is 4.19. The summed E-state index contributed by atoms with van der Waals surface area (Å²) < 4.78 is 0. The van der Waals surface area contributed by atoms with Crippen LogP contribution < -0.4 is 11.1 Å². The van der Waals surface area contributed by atoms with Crippen molar-refractivity contribution >= 4 is 11.7 Å². The van der Waals surface area contributed by atoms with Crippen LogP contribution in [0.5, 0.6) is 0 Å². The van der Waals surface area contributed by atoms with Gasteiger partial charge in [0.2, 0.25) is 5.91 Å². The highest BCUT2D eigenvalue weighted by molar-refractivity contribution is 6.05. The quantitative estimate of drug-likeness (QED) is 0.258. The Morgan fingerprint density at radius 1 is 1.41 bits per heavy atom. The van der Waals surface area contributed by atoms with Crippen LogP contribution in [0, 0.1) is 5.41 Å². The van der Waals surface area contributed by atoms with Crippen molar-refractivity contribution in [3.8, 4) is 0 Å². The number of rotatable bonds is 7. The van der Waals surface area contributed by atoms with Gasteiger partial charge in [-0.05, 0) is 26.9 Å². The highest BCUT2D eigenvalue weighted by Crippen LogP contribution is 2.14. The van der Waals surface area contributed by atoms with Gasteiger partial charge in [-0.1, -0.05) is 19.0 Å². The molecule has 0 aliphatic carbocycles. The van der Waals surface area contributed by atoms with E-state index >= 15 is 0 Å². The standard InChI is InChI=1S/C11H24N4O2/c1-5-15(6-2)8-7-13-10(16)11(3,4)9(12)14-17/h17H,5-8H2,1-4H3,(H2,12,14)(H,13,16). The molecule has 0 spiro atoms. The van der Waals surface area contributed by atoms with Gasteiger partial charge in [0, 0.05) is 13.1 Å². The van der Waals surface area contributed by atoms with Crippen molar-refractivity contribution in [2.45, 2.75) is 27.7 Å². The first-order chi connectivity index (χ1) is 7.89. The van der Waals surface area contributed by atoms with E-state index in [0.717, 1.165) is 19.6 Å². The molecule has 1 amide bonds. The number of nitrogens with one attached hydrogen (secondary N) is 1. The summed E-state index contributed by atoms with van der Waals surface area (Å²) in [5.74, 6) is -0.321. The first-order valence-electron chi connectivity index (χ1n) is 5.88. The zero-order valence-corrected chi connectivity index (χ0v) is 11.2. The van der Waals surface area contributed by atoms with Crippen LogP contribution in [-0.2, 0) is 4.79 Å². The minimum atomic E-state index is -0.988. The molecule has 0 unspecified atom stereocenters. The van der Waals surface area contributed by atoms with Crippen LogP contribution in [0.4, 0.5) is 0 Å². The molecule has 0 fully saturated rings. The fourth-order valence-corrected chi connectivity index (χ4v) is 1.33. The SMILES string of the molecule is CCN(CC)CCNC(=O)C(C)(C)C(N)=NO. The number of carbonyl (C=O) groups is 1. The molecular formula is C11H24N4O2. The van der Waals surface area contributed by atoms with Crippen LogP contribution in [0.1, 0.15) is 27.7 Å². The predicted octanol–water partition coefficient (Wildman–Crippen LogP) is 0.217. The number of nitrogens with two attached hydrogens (primary N) is 1. The Bertz CT molecular complexity index is 273. The van der Waals surface area contributed by atoms with Gasteiger partial charge < -0.3 is 21.2 Å². The lowest BCUT2D eigenvalue weighted by Gasteiger charge is -2.23. The molecule has 100 valence electrons. The second-order valence-corrected chi connectivity index (χ2v) is 4.39. The second kappa shape index (κ2) is 7.11. The molecule has 6 nitrogen and oxygen atoms in total. The Kier molecular flexibility index (Phi) is 6.57. The Morgan fingerprint density at radius 2 is 1.94 bits per heavy atom. The monoisotopic (exact) mass is 244 g/mol. The lowest BCUT2D eigenvalue weighted by molar-refractivity contribution is -0.126. The average molecular weight is 244 g/mol. The van der Waals surface area contributed by atoms with Crippen molar-refractivity contribution in [1.82, 2.24) is 10.2 Å². The summed E-state index contributed by atoms with van der Waals surface area (Å²) in [4.78, 5) is 14.0. The third-order valence-corrected chi connectivity index (χ3v) is 2.92. The van der Waals surface area contributed by atoms with E-state index in [1.54, 1.807) is 13.8 Å². The lowest BCUT2D eigenvalue weighted by Crippen LogP contribution is -2.47. The molecule has 0 aromatic carbocycles. The molecule has 0 aliphatic heterocycles. The third kappa shape index (κ3) is 4.60. The molecule has 0 aromatic heterocycles. The molecule has 0 aliphatic rings. The molecule has 0 radical (unpaired) electrons. The number of nitrogens with zero attached hydrogens (tertiary/aromatic N) is 2. The second-order valence-electron chi connectivity index (χ2n) is 4.39. The normalized spacial score (nSPS) is 12.9. The van der Waals surface area contributed by atoms with E-state index in [1.807, 2.05) is 0 Å². The molecule has 0 atom stereocenters. The molecule has 0 heterocycles. The number of oxime groups is 1. The van der Waals surface area contributed by atoms with E-state index in [-0.39, 0.29) is 11.7 Å². The fraction of sp³-hybridized carbons (Fsp3) is 0.818. The molecule has 0 saturated carbocycles. The summed E-state index contributed by atoms with van der Waals surface area (Å²) in [6.07, 6.45) is 0. The summed E-state index contributed by atoms with van der Waals surface area (Å²) >= 11 is 0. The van der Waals surface area contributed by atoms with Crippen LogP contribution in [0.15, 0.2) is 5.16 Å². The molecular weight excluding hydrogens is 220 g/mol. The van der Waals surface area contributed by atoms with Crippen molar-refractivity contribution < 1.29 is 10.0 Å². The highest BCUT2D eigenvalue weighted by Gasteiger charge is 2.32. The topological polar surface area (TPSA) is 91.0 Å². The number of amides is 1. The highest BCUT2D eigenvalue weighted by atomic mass is 16.4. The zero-order valence-electron chi connectivity index (χ0n) is 11.2. The maximum atomic E-state index is 11.8. The summed E-state index contributed by atoms with van der Waals surface area (Å²) in [5, 5.41) is 14.2. The minimum absolute atomic E-state index is 0.0853. The van der Waals surface area contributed by atoms with Crippen molar-refractivity contribution in [2.75, 3.05) is 26.2 Å². The Morgan fingerprint density at radius 3 is 2.35 bits per heavy atom. The molecule has 0 aromatic rings. The molecule has 17 heavy (non-hydrogen) atoms. The van der Waals surface area contributed by atoms with Crippen molar-refractivity contribution in [1.29, 1.82) is 0 Å². The number of hydrogen-bond acceptors (Lipinski definition) is 4. The number of carbonyl (C=O) groups excluding carboxylic acids is 1. The Labute approximate surface area is 103 Å². The number of likely N-dealkylation sites (N-methyl/N-ethyl adjacent to an activating group) is 1. The summed E-state index contributed by atoms with van der Waals surface area (Å²) in [5.41, 5.74) is 4.48.